The van der Waals surface area contributed by atoms with Crippen molar-refractivity contribution < 1.29 is 26.6 Å². The van der Waals surface area contributed by atoms with Crippen LogP contribution in [0, 0.1) is 26.7 Å². The minimum absolute atomic E-state index is 0. The van der Waals surface area contributed by atoms with E-state index in [1.54, 1.807) is 0 Å². The molecule has 6 nitrogen and oxygen atoms in total. The predicted octanol–water partition coefficient (Wildman–Crippen LogP) is 8.61. The molecule has 8 bridgehead atoms. The number of benzene rings is 1. The predicted molar refractivity (Wildman–Crippen MR) is 184 cm³/mol. The van der Waals surface area contributed by atoms with E-state index in [-0.39, 0.29) is 35.4 Å². The Morgan fingerprint density at radius 2 is 1.37 bits per heavy atom. The van der Waals surface area contributed by atoms with Crippen LogP contribution >= 0.6 is 0 Å². The molecule has 0 fully saturated rings. The SMILES string of the molecule is COC(=O)C[C@@H]1C2=N/C(=C\c3[n-]c(c(C)c3C)/C=C3N=C(/C=C4\[N-][C@]1(Cc1ccc(C)cc1)C(C)=C4C)C(C)=C\3C)C(C)=C2C.[Cu+2]. The second kappa shape index (κ2) is 12.4. The van der Waals surface area contributed by atoms with Gasteiger partial charge in [-0.1, -0.05) is 75.9 Å². The van der Waals surface area contributed by atoms with E-state index in [1.165, 1.54) is 12.7 Å². The monoisotopic (exact) mass is 661 g/mol. The molecule has 4 aliphatic rings. The van der Waals surface area contributed by atoms with Crippen LogP contribution < -0.4 is 4.98 Å². The van der Waals surface area contributed by atoms with Crippen molar-refractivity contribution in [2.45, 2.75) is 80.7 Å². The van der Waals surface area contributed by atoms with E-state index in [0.29, 0.717) is 6.42 Å². The summed E-state index contributed by atoms with van der Waals surface area (Å²) in [5.41, 5.74) is 16.8. The van der Waals surface area contributed by atoms with E-state index in [0.717, 1.165) is 90.0 Å². The zero-order valence-electron chi connectivity index (χ0n) is 28.4. The summed E-state index contributed by atoms with van der Waals surface area (Å²) in [6, 6.07) is 8.63. The fourth-order valence-corrected chi connectivity index (χ4v) is 6.91. The van der Waals surface area contributed by atoms with Crippen molar-refractivity contribution >= 4 is 29.5 Å². The summed E-state index contributed by atoms with van der Waals surface area (Å²) in [5, 5.41) is 5.61. The Morgan fingerprint density at radius 3 is 1.98 bits per heavy atom. The fourth-order valence-electron chi connectivity index (χ4n) is 6.91. The molecule has 0 aliphatic carbocycles. The number of fused-ring (bicyclic) bond motifs is 6. The first-order valence-corrected chi connectivity index (χ1v) is 15.7. The zero-order valence-corrected chi connectivity index (χ0v) is 29.4. The average Bonchev–Trinajstić information content (AvgIpc) is 3.63. The van der Waals surface area contributed by atoms with Crippen LogP contribution in [0.5, 0.6) is 0 Å². The molecule has 0 unspecified atom stereocenters. The molecule has 1 aromatic heterocycles. The number of carbonyl (C=O) groups is 1. The van der Waals surface area contributed by atoms with Crippen LogP contribution in [-0.4, -0.2) is 30.0 Å². The molecule has 1 radical (unpaired) electrons. The van der Waals surface area contributed by atoms with Gasteiger partial charge in [-0.25, -0.2) is 4.99 Å². The van der Waals surface area contributed by atoms with Gasteiger partial charge in [-0.3, -0.25) is 9.79 Å². The number of aliphatic imine (C=N–C) groups is 2. The summed E-state index contributed by atoms with van der Waals surface area (Å²) in [6.07, 6.45) is 7.09. The van der Waals surface area contributed by atoms with Gasteiger partial charge >= 0.3 is 23.0 Å². The molecule has 2 atom stereocenters. The minimum atomic E-state index is -0.755. The summed E-state index contributed by atoms with van der Waals surface area (Å²) in [6.45, 7) is 19.1. The maximum absolute atomic E-state index is 13.2. The van der Waals surface area contributed by atoms with Crippen molar-refractivity contribution in [3.05, 3.63) is 120 Å². The van der Waals surface area contributed by atoms with Gasteiger partial charge in [0.15, 0.2) is 0 Å². The summed E-state index contributed by atoms with van der Waals surface area (Å²) in [4.78, 5) is 28.7. The van der Waals surface area contributed by atoms with Crippen molar-refractivity contribution in [3.63, 3.8) is 0 Å². The van der Waals surface area contributed by atoms with Gasteiger partial charge in [0.2, 0.25) is 0 Å². The number of nitrogens with zero attached hydrogens (tertiary/aromatic N) is 4. The second-order valence-electron chi connectivity index (χ2n) is 13.0. The molecule has 46 heavy (non-hydrogen) atoms. The summed E-state index contributed by atoms with van der Waals surface area (Å²) >= 11 is 0. The van der Waals surface area contributed by atoms with Gasteiger partial charge in [0.05, 0.1) is 30.6 Å². The molecule has 7 heteroatoms. The molecule has 2 aromatic rings. The number of esters is 1. The third kappa shape index (κ3) is 5.44. The molecule has 0 spiro atoms. The van der Waals surface area contributed by atoms with Crippen molar-refractivity contribution in [2.24, 2.45) is 15.9 Å². The number of carbonyl (C=O) groups excluding carboxylic acids is 1. The number of rotatable bonds is 4. The molecule has 1 aromatic carbocycles. The van der Waals surface area contributed by atoms with E-state index in [9.17, 15) is 4.79 Å². The van der Waals surface area contributed by atoms with Crippen molar-refractivity contribution in [2.75, 3.05) is 7.11 Å². The Balaban J connectivity index is 0.00000417. The van der Waals surface area contributed by atoms with E-state index in [2.05, 4.69) is 105 Å². The minimum Gasteiger partial charge on any atom is -0.675 e. The summed E-state index contributed by atoms with van der Waals surface area (Å²) in [7, 11) is 1.45. The Hall–Kier alpha value is -3.93. The van der Waals surface area contributed by atoms with Gasteiger partial charge in [-0.2, -0.15) is 0 Å². The van der Waals surface area contributed by atoms with Crippen LogP contribution in [0.2, 0.25) is 0 Å². The van der Waals surface area contributed by atoms with Crippen molar-refractivity contribution in [3.8, 4) is 0 Å². The maximum Gasteiger partial charge on any atom is 2.00 e. The topological polar surface area (TPSA) is 79.2 Å². The van der Waals surface area contributed by atoms with E-state index >= 15 is 0 Å². The van der Waals surface area contributed by atoms with Gasteiger partial charge in [-0.15, -0.1) is 17.1 Å². The molecule has 0 N–H and O–H groups in total. The summed E-state index contributed by atoms with van der Waals surface area (Å²) in [5.74, 6) is -0.634. The molecule has 241 valence electrons. The average molecular weight is 662 g/mol. The van der Waals surface area contributed by atoms with Gasteiger partial charge in [0.1, 0.15) is 0 Å². The summed E-state index contributed by atoms with van der Waals surface area (Å²) < 4.78 is 5.32. The number of hydrogen-bond donors (Lipinski definition) is 0. The zero-order chi connectivity index (χ0) is 32.4. The fraction of sp³-hybridized carbons (Fsp3) is 0.359. The van der Waals surface area contributed by atoms with Gasteiger partial charge < -0.3 is 15.0 Å². The normalized spacial score (nSPS) is 25.6. The Labute approximate surface area is 283 Å². The molecule has 0 amide bonds. The number of hydrogen-bond acceptors (Lipinski definition) is 4. The number of aromatic nitrogens is 1. The van der Waals surface area contributed by atoms with Crippen LogP contribution in [0.3, 0.4) is 0 Å². The Kier molecular flexibility index (Phi) is 8.98. The quantitative estimate of drug-likeness (QED) is 0.243. The first-order chi connectivity index (χ1) is 21.3. The Morgan fingerprint density at radius 1 is 0.783 bits per heavy atom. The first kappa shape index (κ1) is 33.4. The van der Waals surface area contributed by atoms with Crippen LogP contribution in [0.15, 0.2) is 90.9 Å². The molecular weight excluding hydrogens is 620 g/mol. The number of aryl methyl sites for hydroxylation is 1. The first-order valence-electron chi connectivity index (χ1n) is 15.7. The van der Waals surface area contributed by atoms with Gasteiger partial charge in [-0.05, 0) is 96.6 Å². The van der Waals surface area contributed by atoms with Crippen molar-refractivity contribution in [1.82, 2.24) is 4.98 Å². The molecule has 0 saturated heterocycles. The van der Waals surface area contributed by atoms with E-state index in [4.69, 9.17) is 25.0 Å². The maximum atomic E-state index is 13.2. The van der Waals surface area contributed by atoms with Crippen molar-refractivity contribution in [1.29, 1.82) is 0 Å². The second-order valence-corrected chi connectivity index (χ2v) is 13.0. The van der Waals surface area contributed by atoms with E-state index in [1.807, 2.05) is 0 Å². The van der Waals surface area contributed by atoms with Crippen LogP contribution in [-0.2, 0) is 33.0 Å². The molecule has 4 aliphatic heterocycles. The molecule has 5 heterocycles. The van der Waals surface area contributed by atoms with Gasteiger partial charge in [0, 0.05) is 11.6 Å². The number of allylic oxidation sites excluding steroid dienone is 6. The smallest absolute Gasteiger partial charge is 0.675 e. The third-order valence-electron chi connectivity index (χ3n) is 10.6. The Bertz CT molecular complexity index is 1910. The molecular formula is C39H42CuN4O2. The largest absolute Gasteiger partial charge is 2.00 e. The number of methoxy groups -OCH3 is 1. The van der Waals surface area contributed by atoms with Crippen LogP contribution in [0.1, 0.15) is 81.6 Å². The van der Waals surface area contributed by atoms with Crippen LogP contribution in [0.25, 0.3) is 17.5 Å². The van der Waals surface area contributed by atoms with Crippen LogP contribution in [0.4, 0.5) is 0 Å². The molecule has 0 saturated carbocycles. The standard InChI is InChI=1S/C39H42N4O2.Cu/c1-20-11-13-29(14-12-20)19-39-28(9)27(8)36(43-39)18-34-24(5)23(4)32(41-34)16-31-21(2)22(3)33(40-31)17-35-25(6)26(7)38(42-35)30(39)15-37(44)45-10;/h11-14,16-18,30H,15,19H2,1-10H3;/q-2;+2/t30-,39-;/m1./s1. The molecule has 6 rings (SSSR count). The number of ether oxygens (including phenoxy) is 1. The van der Waals surface area contributed by atoms with E-state index < -0.39 is 5.54 Å². The third-order valence-corrected chi connectivity index (χ3v) is 10.6. The van der Waals surface area contributed by atoms with Gasteiger partial charge in [0.25, 0.3) is 0 Å².